The third-order valence-electron chi connectivity index (χ3n) is 3.46. The van der Waals surface area contributed by atoms with Gasteiger partial charge in [-0.15, -0.1) is 11.3 Å². The van der Waals surface area contributed by atoms with Crippen molar-refractivity contribution in [2.75, 3.05) is 40.3 Å². The van der Waals surface area contributed by atoms with Crippen LogP contribution in [0.3, 0.4) is 0 Å². The number of piperazine rings is 1. The lowest BCUT2D eigenvalue weighted by Crippen LogP contribution is -2.50. The third kappa shape index (κ3) is 4.50. The first kappa shape index (κ1) is 15.9. The molecule has 0 unspecified atom stereocenters. The van der Waals surface area contributed by atoms with Gasteiger partial charge in [0.05, 0.1) is 12.1 Å². The van der Waals surface area contributed by atoms with Crippen LogP contribution in [0.1, 0.15) is 17.6 Å². The zero-order chi connectivity index (χ0) is 15.4. The summed E-state index contributed by atoms with van der Waals surface area (Å²) in [5, 5.41) is 2.99. The molecule has 2 rings (SSSR count). The van der Waals surface area contributed by atoms with Gasteiger partial charge in [-0.2, -0.15) is 0 Å². The maximum Gasteiger partial charge on any atom is 0.228 e. The summed E-state index contributed by atoms with van der Waals surface area (Å²) in [5.74, 6) is 0.176. The number of hydrogen-bond donors (Lipinski definition) is 0. The number of amides is 2. The second-order valence-electron chi connectivity index (χ2n) is 5.53. The summed E-state index contributed by atoms with van der Waals surface area (Å²) in [6.45, 7) is 4.86. The van der Waals surface area contributed by atoms with Gasteiger partial charge in [-0.05, 0) is 14.1 Å². The Hall–Kier alpha value is -1.47. The maximum atomic E-state index is 12.3. The van der Waals surface area contributed by atoms with Crippen molar-refractivity contribution in [1.82, 2.24) is 19.7 Å². The minimum absolute atomic E-state index is 0.0786. The first-order valence-corrected chi connectivity index (χ1v) is 7.95. The van der Waals surface area contributed by atoms with Crippen LogP contribution in [0.15, 0.2) is 5.38 Å². The van der Waals surface area contributed by atoms with Crippen molar-refractivity contribution in [2.24, 2.45) is 0 Å². The van der Waals surface area contributed by atoms with E-state index < -0.39 is 0 Å². The van der Waals surface area contributed by atoms with Crippen LogP contribution in [0.4, 0.5) is 0 Å². The Morgan fingerprint density at radius 2 is 1.86 bits per heavy atom. The molecule has 2 heterocycles. The molecule has 0 aliphatic carbocycles. The van der Waals surface area contributed by atoms with E-state index in [0.29, 0.717) is 32.6 Å². The normalized spacial score (nSPS) is 15.6. The van der Waals surface area contributed by atoms with Crippen LogP contribution in [0.2, 0.25) is 0 Å². The molecule has 6 nitrogen and oxygen atoms in total. The summed E-state index contributed by atoms with van der Waals surface area (Å²) in [6, 6.07) is 0. The van der Waals surface area contributed by atoms with E-state index in [-0.39, 0.29) is 11.8 Å². The molecule has 1 aliphatic rings. The SMILES string of the molecule is CC(=O)N1CCN(C(=O)Cc2csc(CN(C)C)n2)CC1. The Bertz CT molecular complexity index is 507. The third-order valence-corrected chi connectivity index (χ3v) is 4.34. The molecule has 1 saturated heterocycles. The molecule has 0 radical (unpaired) electrons. The number of carbonyl (C=O) groups is 2. The summed E-state index contributed by atoms with van der Waals surface area (Å²) >= 11 is 1.59. The maximum absolute atomic E-state index is 12.3. The Kier molecular flexibility index (Phi) is 5.30. The molecule has 1 aromatic heterocycles. The number of thiazole rings is 1. The van der Waals surface area contributed by atoms with E-state index in [4.69, 9.17) is 0 Å². The van der Waals surface area contributed by atoms with E-state index in [9.17, 15) is 9.59 Å². The summed E-state index contributed by atoms with van der Waals surface area (Å²) < 4.78 is 0. The summed E-state index contributed by atoms with van der Waals surface area (Å²) in [7, 11) is 4.00. The lowest BCUT2D eigenvalue weighted by molar-refractivity contribution is -0.138. The minimum Gasteiger partial charge on any atom is -0.339 e. The highest BCUT2D eigenvalue weighted by atomic mass is 32.1. The van der Waals surface area contributed by atoms with Gasteiger partial charge in [0.15, 0.2) is 0 Å². The van der Waals surface area contributed by atoms with Crippen molar-refractivity contribution >= 4 is 23.2 Å². The van der Waals surface area contributed by atoms with Gasteiger partial charge in [0.2, 0.25) is 11.8 Å². The smallest absolute Gasteiger partial charge is 0.228 e. The zero-order valence-electron chi connectivity index (χ0n) is 12.8. The van der Waals surface area contributed by atoms with Gasteiger partial charge in [-0.1, -0.05) is 0 Å². The zero-order valence-corrected chi connectivity index (χ0v) is 13.7. The topological polar surface area (TPSA) is 56.8 Å². The molecule has 0 bridgehead atoms. The van der Waals surface area contributed by atoms with Crippen molar-refractivity contribution in [1.29, 1.82) is 0 Å². The van der Waals surface area contributed by atoms with Gasteiger partial charge < -0.3 is 14.7 Å². The second kappa shape index (κ2) is 7.00. The van der Waals surface area contributed by atoms with Crippen LogP contribution in [0.25, 0.3) is 0 Å². The van der Waals surface area contributed by atoms with Crippen LogP contribution < -0.4 is 0 Å². The fourth-order valence-electron chi connectivity index (χ4n) is 2.31. The molecule has 21 heavy (non-hydrogen) atoms. The lowest BCUT2D eigenvalue weighted by Gasteiger charge is -2.34. The van der Waals surface area contributed by atoms with Crippen molar-refractivity contribution in [2.45, 2.75) is 19.9 Å². The average Bonchev–Trinajstić information content (AvgIpc) is 2.85. The van der Waals surface area contributed by atoms with Crippen molar-refractivity contribution in [3.63, 3.8) is 0 Å². The predicted molar refractivity (Wildman–Crippen MR) is 82.0 cm³/mol. The number of hydrogen-bond acceptors (Lipinski definition) is 5. The summed E-state index contributed by atoms with van der Waals surface area (Å²) in [4.78, 5) is 33.7. The molecule has 116 valence electrons. The van der Waals surface area contributed by atoms with E-state index in [1.807, 2.05) is 24.4 Å². The molecule has 1 aromatic rings. The molecule has 0 saturated carbocycles. The fourth-order valence-corrected chi connectivity index (χ4v) is 3.22. The number of carbonyl (C=O) groups excluding carboxylic acids is 2. The van der Waals surface area contributed by atoms with E-state index in [0.717, 1.165) is 17.2 Å². The van der Waals surface area contributed by atoms with E-state index in [1.54, 1.807) is 23.2 Å². The van der Waals surface area contributed by atoms with E-state index in [2.05, 4.69) is 9.88 Å². The number of nitrogens with zero attached hydrogens (tertiary/aromatic N) is 4. The fraction of sp³-hybridized carbons (Fsp3) is 0.643. The summed E-state index contributed by atoms with van der Waals surface area (Å²) in [6.07, 6.45) is 0.351. The Balaban J connectivity index is 1.84. The predicted octanol–water partition coefficient (Wildman–Crippen LogP) is 0.438. The van der Waals surface area contributed by atoms with E-state index in [1.165, 1.54) is 0 Å². The van der Waals surface area contributed by atoms with Crippen LogP contribution in [0, 0.1) is 0 Å². The summed E-state index contributed by atoms with van der Waals surface area (Å²) in [5.41, 5.74) is 0.843. The highest BCUT2D eigenvalue weighted by Crippen LogP contribution is 2.13. The van der Waals surface area contributed by atoms with Crippen molar-refractivity contribution in [3.05, 3.63) is 16.1 Å². The minimum atomic E-state index is 0.0786. The molecule has 0 aromatic carbocycles. The molecular formula is C14H22N4O2S. The first-order chi connectivity index (χ1) is 9.95. The highest BCUT2D eigenvalue weighted by Gasteiger charge is 2.22. The molecule has 0 spiro atoms. The molecule has 0 atom stereocenters. The highest BCUT2D eigenvalue weighted by molar-refractivity contribution is 7.09. The van der Waals surface area contributed by atoms with Crippen LogP contribution in [-0.2, 0) is 22.6 Å². The van der Waals surface area contributed by atoms with Gasteiger partial charge in [0, 0.05) is 45.0 Å². The average molecular weight is 310 g/mol. The molecule has 0 N–H and O–H groups in total. The van der Waals surface area contributed by atoms with Gasteiger partial charge in [-0.25, -0.2) is 4.98 Å². The molecule has 1 aliphatic heterocycles. The van der Waals surface area contributed by atoms with Gasteiger partial charge in [-0.3, -0.25) is 9.59 Å². The first-order valence-electron chi connectivity index (χ1n) is 7.07. The Morgan fingerprint density at radius 3 is 2.43 bits per heavy atom. The molecular weight excluding hydrogens is 288 g/mol. The lowest BCUT2D eigenvalue weighted by atomic mass is 10.2. The Morgan fingerprint density at radius 1 is 1.24 bits per heavy atom. The Labute approximate surface area is 129 Å². The number of aromatic nitrogens is 1. The molecule has 7 heteroatoms. The largest absolute Gasteiger partial charge is 0.339 e. The van der Waals surface area contributed by atoms with Gasteiger partial charge in [0.1, 0.15) is 5.01 Å². The van der Waals surface area contributed by atoms with Crippen molar-refractivity contribution in [3.8, 4) is 0 Å². The second-order valence-corrected chi connectivity index (χ2v) is 6.48. The standard InChI is InChI=1S/C14H22N4O2S/c1-11(19)17-4-6-18(7-5-17)14(20)8-12-10-21-13(15-12)9-16(2)3/h10H,4-9H2,1-3H3. The molecule has 1 fully saturated rings. The van der Waals surface area contributed by atoms with E-state index >= 15 is 0 Å². The monoisotopic (exact) mass is 310 g/mol. The molecule has 2 amide bonds. The quantitative estimate of drug-likeness (QED) is 0.810. The van der Waals surface area contributed by atoms with Crippen molar-refractivity contribution < 1.29 is 9.59 Å². The van der Waals surface area contributed by atoms with Crippen LogP contribution in [0.5, 0.6) is 0 Å². The van der Waals surface area contributed by atoms with Gasteiger partial charge in [0.25, 0.3) is 0 Å². The number of rotatable bonds is 4. The van der Waals surface area contributed by atoms with Crippen LogP contribution in [-0.4, -0.2) is 71.8 Å². The van der Waals surface area contributed by atoms with Crippen LogP contribution >= 0.6 is 11.3 Å². The van der Waals surface area contributed by atoms with Gasteiger partial charge >= 0.3 is 0 Å².